The first kappa shape index (κ1) is 43.6. The van der Waals surface area contributed by atoms with Gasteiger partial charge in [-0.3, -0.25) is 14.4 Å². The van der Waals surface area contributed by atoms with Crippen LogP contribution in [0.1, 0.15) is 92.3 Å². The van der Waals surface area contributed by atoms with Gasteiger partial charge in [0, 0.05) is 25.9 Å². The van der Waals surface area contributed by atoms with Crippen LogP contribution in [0.15, 0.2) is 146 Å². The van der Waals surface area contributed by atoms with E-state index in [1.165, 1.54) is 7.11 Å². The van der Waals surface area contributed by atoms with Gasteiger partial charge in [0.2, 0.25) is 5.91 Å². The summed E-state index contributed by atoms with van der Waals surface area (Å²) < 4.78 is 4.84. The normalized spacial score (nSPS) is 16.8. The lowest BCUT2D eigenvalue weighted by Crippen LogP contribution is -2.42. The third-order valence-corrected chi connectivity index (χ3v) is 13.0. The molecule has 2 aromatic heterocycles. The Kier molecular flexibility index (Phi) is 13.0. The highest BCUT2D eigenvalue weighted by Crippen LogP contribution is 2.37. The number of hydrogen-bond acceptors (Lipinski definition) is 7. The van der Waals surface area contributed by atoms with E-state index in [4.69, 9.17) is 14.7 Å². The predicted octanol–water partition coefficient (Wildman–Crippen LogP) is 10.4. The van der Waals surface area contributed by atoms with Gasteiger partial charge in [0.1, 0.15) is 23.5 Å². The average molecular weight is 880 g/mol. The van der Waals surface area contributed by atoms with Gasteiger partial charge in [-0.1, -0.05) is 140 Å². The van der Waals surface area contributed by atoms with E-state index >= 15 is 0 Å². The number of likely N-dealkylation sites (tertiary alicyclic amines) is 2. The van der Waals surface area contributed by atoms with Gasteiger partial charge < -0.3 is 29.8 Å². The number of ketones is 1. The van der Waals surface area contributed by atoms with Gasteiger partial charge >= 0.3 is 6.09 Å². The molecular weight excluding hydrogens is 827 g/mol. The number of nitrogens with one attached hydrogen (secondary N) is 3. The van der Waals surface area contributed by atoms with Gasteiger partial charge in [-0.25, -0.2) is 14.8 Å². The van der Waals surface area contributed by atoms with E-state index in [1.54, 1.807) is 4.90 Å². The predicted molar refractivity (Wildman–Crippen MR) is 254 cm³/mol. The maximum Gasteiger partial charge on any atom is 0.407 e. The van der Waals surface area contributed by atoms with Crippen molar-refractivity contribution in [2.75, 3.05) is 20.2 Å². The highest BCUT2D eigenvalue weighted by molar-refractivity contribution is 5.91. The average Bonchev–Trinajstić information content (AvgIpc) is 4.23. The Morgan fingerprint density at radius 3 is 1.47 bits per heavy atom. The van der Waals surface area contributed by atoms with Crippen molar-refractivity contribution in [1.29, 1.82) is 0 Å². The summed E-state index contributed by atoms with van der Waals surface area (Å²) in [7, 11) is 1.29. The fourth-order valence-corrected chi connectivity index (χ4v) is 9.36. The molecule has 0 saturated carbocycles. The molecule has 2 fully saturated rings. The number of Topliss-reactive ketones (excluding diaryl/α,β-unsaturated/α-hetero) is 1. The molecule has 0 unspecified atom stereocenters. The van der Waals surface area contributed by atoms with E-state index in [2.05, 4.69) is 88.1 Å². The zero-order valence-electron chi connectivity index (χ0n) is 37.2. The number of nitrogens with zero attached hydrogens (tertiary/aromatic N) is 4. The summed E-state index contributed by atoms with van der Waals surface area (Å²) in [6.45, 7) is 3.04. The van der Waals surface area contributed by atoms with Gasteiger partial charge in [0.15, 0.2) is 0 Å². The lowest BCUT2D eigenvalue weighted by atomic mass is 9.91. The molecule has 0 bridgehead atoms. The molecule has 4 heterocycles. The van der Waals surface area contributed by atoms with Crippen molar-refractivity contribution < 1.29 is 23.9 Å². The number of alkyl carbamates (subject to hydrolysis) is 1. The Hall–Kier alpha value is -7.60. The van der Waals surface area contributed by atoms with Crippen LogP contribution < -0.4 is 5.32 Å². The van der Waals surface area contributed by atoms with Gasteiger partial charge in [-0.15, -0.1) is 0 Å². The first-order valence-corrected chi connectivity index (χ1v) is 22.8. The van der Waals surface area contributed by atoms with E-state index in [9.17, 15) is 19.2 Å². The molecule has 5 aromatic carbocycles. The fourth-order valence-electron chi connectivity index (χ4n) is 9.36. The standard InChI is InChI=1S/C54H53N7O5/c1-3-43(62)32-44(39-12-6-4-7-13-39)52(63)60-30-10-16-47(60)50-55-33-45(57-50)40-26-22-37(23-27-40)35-18-20-36(21-19-35)38-24-28-41(29-25-38)46-34-56-51(58-46)48-17-11-31-61(48)53(64)49(59-54(65)66-2)42-14-8-5-9-15-42/h4-9,12-15,18-29,33-34,44,47-49H,3,10-11,16-17,30-32H2,1-2H3,(H,55,57)(H,56,58)(H,59,65)/t44-,47+,48+,49-/m1/s1. The summed E-state index contributed by atoms with van der Waals surface area (Å²) in [6.07, 6.45) is 6.87. The van der Waals surface area contributed by atoms with Crippen molar-refractivity contribution in [2.24, 2.45) is 0 Å². The second kappa shape index (κ2) is 19.6. The first-order chi connectivity index (χ1) is 32.3. The van der Waals surface area contributed by atoms with Crippen LogP contribution in [0.5, 0.6) is 0 Å². The van der Waals surface area contributed by atoms with Crippen LogP contribution in [0.4, 0.5) is 4.79 Å². The Morgan fingerprint density at radius 1 is 0.606 bits per heavy atom. The number of carbonyl (C=O) groups is 4. The van der Waals surface area contributed by atoms with Crippen LogP contribution in [-0.4, -0.2) is 73.6 Å². The highest BCUT2D eigenvalue weighted by atomic mass is 16.5. The van der Waals surface area contributed by atoms with Crippen molar-refractivity contribution in [1.82, 2.24) is 35.1 Å². The Morgan fingerprint density at radius 2 is 1.03 bits per heavy atom. The zero-order chi connectivity index (χ0) is 45.6. The van der Waals surface area contributed by atoms with E-state index in [0.717, 1.165) is 81.8 Å². The minimum Gasteiger partial charge on any atom is -0.453 e. The number of hydrogen-bond donors (Lipinski definition) is 3. The maximum atomic E-state index is 14.0. The van der Waals surface area contributed by atoms with Crippen LogP contribution in [-0.2, 0) is 19.1 Å². The van der Waals surface area contributed by atoms with Gasteiger partial charge in [0.05, 0.1) is 48.9 Å². The molecule has 3 N–H and O–H groups in total. The zero-order valence-corrected chi connectivity index (χ0v) is 37.2. The Bertz CT molecular complexity index is 2590. The largest absolute Gasteiger partial charge is 0.453 e. The molecule has 12 nitrogen and oxygen atoms in total. The van der Waals surface area contributed by atoms with E-state index in [0.29, 0.717) is 30.9 Å². The molecule has 2 aliphatic heterocycles. The van der Waals surface area contributed by atoms with Crippen LogP contribution in [0.3, 0.4) is 0 Å². The summed E-state index contributed by atoms with van der Waals surface area (Å²) in [5.74, 6) is 0.825. The van der Waals surface area contributed by atoms with Gasteiger partial charge in [0.25, 0.3) is 5.91 Å². The topological polar surface area (TPSA) is 153 Å². The number of methoxy groups -OCH3 is 1. The quantitative estimate of drug-likeness (QED) is 0.0983. The van der Waals surface area contributed by atoms with Crippen LogP contribution >= 0.6 is 0 Å². The SMILES string of the molecule is CCC(=O)C[C@@H](C(=O)N1CCC[C@H]1c1ncc(-c2ccc(-c3ccc(-c4ccc(-c5cnc([C@@H]6CCCN6C(=O)[C@H](NC(=O)OC)c6ccccc6)[nH]5)cc4)cc3)cc2)[nH]1)c1ccccc1. The van der Waals surface area contributed by atoms with Crippen molar-refractivity contribution in [3.05, 3.63) is 169 Å². The van der Waals surface area contributed by atoms with Crippen LogP contribution in [0.2, 0.25) is 0 Å². The Balaban J connectivity index is 0.835. The third-order valence-electron chi connectivity index (χ3n) is 13.0. The van der Waals surface area contributed by atoms with Gasteiger partial charge in [-0.2, -0.15) is 0 Å². The molecule has 12 heteroatoms. The van der Waals surface area contributed by atoms with Crippen molar-refractivity contribution in [2.45, 2.75) is 69.5 Å². The van der Waals surface area contributed by atoms with Crippen molar-refractivity contribution in [3.8, 4) is 44.8 Å². The molecule has 4 atom stereocenters. The van der Waals surface area contributed by atoms with E-state index in [1.807, 2.05) is 84.9 Å². The molecule has 66 heavy (non-hydrogen) atoms. The number of benzene rings is 5. The molecule has 334 valence electrons. The number of aromatic amines is 2. The van der Waals surface area contributed by atoms with Gasteiger partial charge in [-0.05, 0) is 70.2 Å². The summed E-state index contributed by atoms with van der Waals surface area (Å²) in [6, 6.07) is 42.8. The van der Waals surface area contributed by atoms with Crippen LogP contribution in [0, 0.1) is 0 Å². The molecule has 0 radical (unpaired) electrons. The minimum atomic E-state index is -0.876. The van der Waals surface area contributed by atoms with Crippen molar-refractivity contribution >= 4 is 23.7 Å². The first-order valence-electron chi connectivity index (χ1n) is 22.8. The highest BCUT2D eigenvalue weighted by Gasteiger charge is 2.38. The van der Waals surface area contributed by atoms with E-state index < -0.39 is 18.1 Å². The lowest BCUT2D eigenvalue weighted by molar-refractivity contribution is -0.136. The number of aromatic nitrogens is 4. The second-order valence-corrected chi connectivity index (χ2v) is 17.0. The fraction of sp³-hybridized carbons (Fsp3) is 0.259. The second-order valence-electron chi connectivity index (χ2n) is 17.0. The van der Waals surface area contributed by atoms with E-state index in [-0.39, 0.29) is 36.1 Å². The molecule has 2 aliphatic rings. The molecule has 0 aliphatic carbocycles. The monoisotopic (exact) mass is 879 g/mol. The molecule has 3 amide bonds. The molecular formula is C54H53N7O5. The number of imidazole rings is 2. The molecule has 0 spiro atoms. The summed E-state index contributed by atoms with van der Waals surface area (Å²) >= 11 is 0. The molecule has 9 rings (SSSR count). The molecule has 2 saturated heterocycles. The van der Waals surface area contributed by atoms with Crippen molar-refractivity contribution in [3.63, 3.8) is 0 Å². The number of H-pyrrole nitrogens is 2. The summed E-state index contributed by atoms with van der Waals surface area (Å²) in [5.41, 5.74) is 9.66. The smallest absolute Gasteiger partial charge is 0.407 e. The number of rotatable bonds is 14. The number of carbonyl (C=O) groups excluding carboxylic acids is 4. The number of ether oxygens (including phenoxy) is 1. The minimum absolute atomic E-state index is 0.0193. The summed E-state index contributed by atoms with van der Waals surface area (Å²) in [5, 5.41) is 2.72. The number of amides is 3. The van der Waals surface area contributed by atoms with Crippen LogP contribution in [0.25, 0.3) is 44.8 Å². The lowest BCUT2D eigenvalue weighted by Gasteiger charge is -2.28. The third kappa shape index (κ3) is 9.30. The maximum absolute atomic E-state index is 14.0. The Labute approximate surface area is 384 Å². The summed E-state index contributed by atoms with van der Waals surface area (Å²) in [4.78, 5) is 72.9. The molecule has 7 aromatic rings.